The van der Waals surface area contributed by atoms with E-state index in [2.05, 4.69) is 39.6 Å². The highest BCUT2D eigenvalue weighted by Crippen LogP contribution is 2.62. The van der Waals surface area contributed by atoms with Crippen LogP contribution in [0, 0.1) is 47.3 Å². The average molecular weight is 652 g/mol. The molecule has 0 aromatic carbocycles. The van der Waals surface area contributed by atoms with Crippen LogP contribution in [0.2, 0.25) is 0 Å². The Balaban J connectivity index is 0.845. The van der Waals surface area contributed by atoms with E-state index in [0.29, 0.717) is 36.9 Å². The fourth-order valence-electron chi connectivity index (χ4n) is 10.9. The van der Waals surface area contributed by atoms with Crippen molar-refractivity contribution in [1.82, 2.24) is 4.90 Å². The quantitative estimate of drug-likeness (QED) is 0.317. The molecule has 0 aromatic heterocycles. The number of fused-ring (bicyclic) bond motifs is 4. The number of hydrogen-bond acceptors (Lipinski definition) is 11. The van der Waals surface area contributed by atoms with E-state index >= 15 is 0 Å². The minimum atomic E-state index is -0.777. The van der Waals surface area contributed by atoms with Crippen molar-refractivity contribution in [2.45, 2.75) is 141 Å². The fraction of sp³-hybridized carbons (Fsp3) is 1.00. The van der Waals surface area contributed by atoms with Crippen LogP contribution < -0.4 is 0 Å². The van der Waals surface area contributed by atoms with Crippen molar-refractivity contribution in [2.75, 3.05) is 33.4 Å². The van der Waals surface area contributed by atoms with Gasteiger partial charge in [0.15, 0.2) is 36.4 Å². The predicted octanol–water partition coefficient (Wildman–Crippen LogP) is 5.37. The van der Waals surface area contributed by atoms with E-state index in [0.717, 1.165) is 51.6 Å². The largest absolute Gasteiger partial charge is 0.351 e. The van der Waals surface area contributed by atoms with Crippen LogP contribution in [-0.4, -0.2) is 86.2 Å². The number of hydrogen-bond donors (Lipinski definition) is 0. The number of nitrogens with zero attached hydrogens (tertiary/aromatic N) is 1. The zero-order valence-corrected chi connectivity index (χ0v) is 28.9. The summed E-state index contributed by atoms with van der Waals surface area (Å²) >= 11 is 0. The number of likely N-dealkylation sites (N-methyl/N-ethyl adjacent to an activating group) is 1. The lowest BCUT2D eigenvalue weighted by atomic mass is 9.58. The average Bonchev–Trinajstić information content (AvgIpc) is 3.39. The lowest BCUT2D eigenvalue weighted by Gasteiger charge is -2.60. The zero-order chi connectivity index (χ0) is 32.1. The fourth-order valence-corrected chi connectivity index (χ4v) is 10.9. The van der Waals surface area contributed by atoms with E-state index in [-0.39, 0.29) is 36.3 Å². The maximum atomic E-state index is 6.59. The predicted molar refractivity (Wildman–Crippen MR) is 163 cm³/mol. The van der Waals surface area contributed by atoms with Crippen molar-refractivity contribution in [3.63, 3.8) is 0 Å². The first-order valence-electron chi connectivity index (χ1n) is 18.3. The SMILES string of the molecule is C[C@H]1[C@@H](OCCN(C)CCO[C@H]2O[C@@H]3O[C@]4(C)CC[C@H]5[C@H](C)CC[C@@H]([C@H]2C)[C@@]35OO4)O[C@@H]2O[C@]3(C)CC[C@H]4[C@H](C)CC[C@@H]1[C@@]24OO3. The Morgan fingerprint density at radius 1 is 0.587 bits per heavy atom. The molecule has 2 aliphatic carbocycles. The molecule has 8 saturated heterocycles. The Morgan fingerprint density at radius 2 is 1.02 bits per heavy atom. The monoisotopic (exact) mass is 651 g/mol. The summed E-state index contributed by atoms with van der Waals surface area (Å²) in [6, 6.07) is 0. The lowest BCUT2D eigenvalue weighted by molar-refractivity contribution is -0.577. The Kier molecular flexibility index (Phi) is 8.42. The second-order valence-corrected chi connectivity index (χ2v) is 16.6. The maximum absolute atomic E-state index is 6.59. The van der Waals surface area contributed by atoms with Gasteiger partial charge < -0.3 is 33.3 Å². The minimum Gasteiger partial charge on any atom is -0.351 e. The second kappa shape index (κ2) is 11.8. The van der Waals surface area contributed by atoms with Gasteiger partial charge in [-0.2, -0.15) is 0 Å². The molecule has 16 atom stereocenters. The molecule has 262 valence electrons. The van der Waals surface area contributed by atoms with E-state index in [9.17, 15) is 0 Å². The summed E-state index contributed by atoms with van der Waals surface area (Å²) in [5.74, 6) is 1.11. The van der Waals surface area contributed by atoms with Gasteiger partial charge in [0.2, 0.25) is 11.6 Å². The molecule has 0 aromatic rings. The van der Waals surface area contributed by atoms with E-state index in [1.165, 1.54) is 12.8 Å². The summed E-state index contributed by atoms with van der Waals surface area (Å²) in [7, 11) is 2.10. The van der Waals surface area contributed by atoms with Gasteiger partial charge in [-0.15, -0.1) is 0 Å². The summed E-state index contributed by atoms with van der Waals surface area (Å²) < 4.78 is 39.0. The standard InChI is InChI=1S/C35H57NO10/c1-20-8-10-26-22(3)28(39-30-34(26)24(20)12-14-32(5,41-30)43-45-34)37-18-16-36(7)17-19-38-29-23(4)27-11-9-21(2)25-13-15-33(6)42-31(40-29)35(25,27)46-44-33/h20-31H,8-19H2,1-7H3/t20-,21-,22-,23-,24+,25+,26+,27+,28+,29+,30-,31-,32+,33+,34-,35-/m1/s1. The van der Waals surface area contributed by atoms with Crippen LogP contribution in [0.5, 0.6) is 0 Å². The molecule has 11 heteroatoms. The molecule has 2 spiro atoms. The summed E-state index contributed by atoms with van der Waals surface area (Å²) in [5, 5.41) is 0. The Labute approximate surface area is 274 Å². The highest BCUT2D eigenvalue weighted by molar-refractivity contribution is 5.10. The third-order valence-corrected chi connectivity index (χ3v) is 13.7. The van der Waals surface area contributed by atoms with E-state index in [1.807, 2.05) is 13.8 Å². The maximum Gasteiger partial charge on any atom is 0.201 e. The van der Waals surface area contributed by atoms with Gasteiger partial charge >= 0.3 is 0 Å². The molecule has 10 fully saturated rings. The Morgan fingerprint density at radius 3 is 1.46 bits per heavy atom. The van der Waals surface area contributed by atoms with Crippen molar-refractivity contribution in [2.24, 2.45) is 47.3 Å². The molecule has 0 amide bonds. The molecule has 10 aliphatic rings. The van der Waals surface area contributed by atoms with Crippen molar-refractivity contribution < 1.29 is 48.0 Å². The number of rotatable bonds is 8. The molecule has 10 rings (SSSR count). The van der Waals surface area contributed by atoms with Crippen molar-refractivity contribution in [1.29, 1.82) is 0 Å². The summed E-state index contributed by atoms with van der Waals surface area (Å²) in [5.41, 5.74) is -1.12. The van der Waals surface area contributed by atoms with Crippen molar-refractivity contribution in [3.05, 3.63) is 0 Å². The molecule has 0 N–H and O–H groups in total. The Hall–Kier alpha value is -0.440. The van der Waals surface area contributed by atoms with Crippen molar-refractivity contribution in [3.8, 4) is 0 Å². The van der Waals surface area contributed by atoms with Gasteiger partial charge in [0, 0.05) is 49.6 Å². The molecule has 8 aliphatic heterocycles. The third-order valence-electron chi connectivity index (χ3n) is 13.7. The highest BCUT2D eigenvalue weighted by Gasteiger charge is 2.71. The van der Waals surface area contributed by atoms with Crippen LogP contribution in [0.15, 0.2) is 0 Å². The van der Waals surface area contributed by atoms with Crippen molar-refractivity contribution >= 4 is 0 Å². The van der Waals surface area contributed by atoms with Gasteiger partial charge in [0.25, 0.3) is 0 Å². The molecule has 4 bridgehead atoms. The zero-order valence-electron chi connectivity index (χ0n) is 28.9. The van der Waals surface area contributed by atoms with Crippen LogP contribution in [0.25, 0.3) is 0 Å². The molecule has 8 heterocycles. The van der Waals surface area contributed by atoms with E-state index in [1.54, 1.807) is 0 Å². The highest BCUT2D eigenvalue weighted by atomic mass is 17.3. The van der Waals surface area contributed by atoms with Gasteiger partial charge in [-0.3, -0.25) is 0 Å². The Bertz CT molecular complexity index is 1050. The molecule has 0 radical (unpaired) electrons. The van der Waals surface area contributed by atoms with E-state index < -0.39 is 35.4 Å². The van der Waals surface area contributed by atoms with Crippen LogP contribution in [-0.2, 0) is 48.0 Å². The molecular formula is C35H57NO10. The minimum absolute atomic E-state index is 0.170. The first-order chi connectivity index (χ1) is 22.0. The molecular weight excluding hydrogens is 594 g/mol. The van der Waals surface area contributed by atoms with E-state index in [4.69, 9.17) is 48.0 Å². The topological polar surface area (TPSA) is 95.5 Å². The normalized spacial score (nSPS) is 55.8. The van der Waals surface area contributed by atoms with Gasteiger partial charge in [0.1, 0.15) is 0 Å². The molecule has 11 nitrogen and oxygen atoms in total. The second-order valence-electron chi connectivity index (χ2n) is 16.6. The summed E-state index contributed by atoms with van der Waals surface area (Å²) in [6.07, 6.45) is 6.51. The first kappa shape index (κ1) is 32.7. The van der Waals surface area contributed by atoms with Crippen LogP contribution >= 0.6 is 0 Å². The lowest BCUT2D eigenvalue weighted by Crippen LogP contribution is -2.70. The summed E-state index contributed by atoms with van der Waals surface area (Å²) in [4.78, 5) is 26.7. The van der Waals surface area contributed by atoms with Gasteiger partial charge in [-0.1, -0.05) is 27.7 Å². The van der Waals surface area contributed by atoms with Gasteiger partial charge in [-0.05, 0) is 83.1 Å². The number of ether oxygens (including phenoxy) is 6. The molecule has 2 saturated carbocycles. The van der Waals surface area contributed by atoms with Crippen LogP contribution in [0.4, 0.5) is 0 Å². The summed E-state index contributed by atoms with van der Waals surface area (Å²) in [6.45, 7) is 15.7. The third kappa shape index (κ3) is 5.00. The van der Waals surface area contributed by atoms with Crippen LogP contribution in [0.3, 0.4) is 0 Å². The van der Waals surface area contributed by atoms with Gasteiger partial charge in [0.05, 0.1) is 13.2 Å². The first-order valence-corrected chi connectivity index (χ1v) is 18.3. The molecule has 46 heavy (non-hydrogen) atoms. The van der Waals surface area contributed by atoms with Gasteiger partial charge in [-0.25, -0.2) is 19.6 Å². The molecule has 0 unspecified atom stereocenters. The van der Waals surface area contributed by atoms with Crippen LogP contribution in [0.1, 0.15) is 92.9 Å². The smallest absolute Gasteiger partial charge is 0.201 e.